The highest BCUT2D eigenvalue weighted by Gasteiger charge is 2.19. The van der Waals surface area contributed by atoms with Gasteiger partial charge in [0.1, 0.15) is 6.33 Å². The smallest absolute Gasteiger partial charge is 0.212 e. The first kappa shape index (κ1) is 19.5. The topological polar surface area (TPSA) is 53.1 Å². The molecule has 8 heteroatoms. The maximum atomic E-state index is 6.51. The van der Waals surface area contributed by atoms with Gasteiger partial charge in [0.05, 0.1) is 10.7 Å². The quantitative estimate of drug-likeness (QED) is 0.489. The number of piperidine rings is 1. The predicted molar refractivity (Wildman–Crippen MR) is 119 cm³/mol. The average Bonchev–Trinajstić information content (AvgIpc) is 3.24. The van der Waals surface area contributed by atoms with Crippen molar-refractivity contribution in [2.24, 2.45) is 0 Å². The van der Waals surface area contributed by atoms with Gasteiger partial charge in [-0.15, -0.1) is 0 Å². The van der Waals surface area contributed by atoms with E-state index in [1.54, 1.807) is 6.33 Å². The lowest BCUT2D eigenvalue weighted by Gasteiger charge is -2.33. The number of hydrogen-bond acceptors (Lipinski definition) is 7. The van der Waals surface area contributed by atoms with Gasteiger partial charge >= 0.3 is 0 Å². The van der Waals surface area contributed by atoms with Crippen LogP contribution in [0.4, 0.5) is 10.8 Å². The van der Waals surface area contributed by atoms with Crippen molar-refractivity contribution < 1.29 is 0 Å². The zero-order valence-electron chi connectivity index (χ0n) is 15.3. The van der Waals surface area contributed by atoms with Gasteiger partial charge in [-0.2, -0.15) is 4.37 Å². The fourth-order valence-corrected chi connectivity index (χ4v) is 4.73. The third kappa shape index (κ3) is 5.38. The van der Waals surface area contributed by atoms with Gasteiger partial charge in [-0.05, 0) is 48.6 Å². The van der Waals surface area contributed by atoms with Crippen LogP contribution in [0.15, 0.2) is 59.8 Å². The third-order valence-corrected chi connectivity index (χ3v) is 6.56. The van der Waals surface area contributed by atoms with Gasteiger partial charge in [-0.25, -0.2) is 4.98 Å². The Hall–Kier alpha value is -1.80. The molecule has 0 radical (unpaired) electrons. The lowest BCUT2D eigenvalue weighted by molar-refractivity contribution is 0.211. The van der Waals surface area contributed by atoms with E-state index >= 15 is 0 Å². The summed E-state index contributed by atoms with van der Waals surface area (Å²) in [7, 11) is 0. The van der Waals surface area contributed by atoms with Crippen molar-refractivity contribution in [2.45, 2.75) is 30.3 Å². The van der Waals surface area contributed by atoms with Crippen molar-refractivity contribution >= 4 is 45.9 Å². The van der Waals surface area contributed by atoms with Gasteiger partial charge in [0, 0.05) is 42.1 Å². The molecule has 3 aromatic rings. The van der Waals surface area contributed by atoms with Crippen LogP contribution in [-0.4, -0.2) is 33.4 Å². The zero-order chi connectivity index (χ0) is 19.2. The molecule has 2 heterocycles. The standard InChI is InChI=1S/C20H22ClN5S2/c21-18-12-17(27-25-20-22-14-23-28-20)6-7-19(18)24-16-8-10-26(11-9-16)13-15-4-2-1-3-5-15/h1-7,12,14,16,24H,8-11,13H2,(H,22,23,25). The SMILES string of the molecule is Clc1cc(SNc2ncns2)ccc1NC1CCN(Cc2ccccc2)CC1. The highest BCUT2D eigenvalue weighted by Crippen LogP contribution is 2.30. The minimum atomic E-state index is 0.461. The number of benzene rings is 2. The van der Waals surface area contributed by atoms with E-state index < -0.39 is 0 Å². The molecule has 0 unspecified atom stereocenters. The van der Waals surface area contributed by atoms with E-state index in [-0.39, 0.29) is 0 Å². The molecular formula is C20H22ClN5S2. The Morgan fingerprint density at radius 2 is 1.96 bits per heavy atom. The van der Waals surface area contributed by atoms with Gasteiger partial charge in [-0.3, -0.25) is 4.90 Å². The fourth-order valence-electron chi connectivity index (χ4n) is 3.29. The lowest BCUT2D eigenvalue weighted by atomic mass is 10.0. The monoisotopic (exact) mass is 431 g/mol. The van der Waals surface area contributed by atoms with Crippen molar-refractivity contribution in [3.05, 3.63) is 65.4 Å². The maximum Gasteiger partial charge on any atom is 0.212 e. The van der Waals surface area contributed by atoms with Gasteiger partial charge in [0.25, 0.3) is 0 Å². The second kappa shape index (κ2) is 9.60. The molecule has 0 atom stereocenters. The number of nitrogens with zero attached hydrogens (tertiary/aromatic N) is 3. The summed E-state index contributed by atoms with van der Waals surface area (Å²) in [4.78, 5) is 7.67. The largest absolute Gasteiger partial charge is 0.381 e. The molecule has 1 fully saturated rings. The molecule has 0 aliphatic carbocycles. The number of nitrogens with one attached hydrogen (secondary N) is 2. The van der Waals surface area contributed by atoms with Gasteiger partial charge in [-0.1, -0.05) is 41.9 Å². The van der Waals surface area contributed by atoms with Crippen LogP contribution in [0.5, 0.6) is 0 Å². The number of aromatic nitrogens is 2. The van der Waals surface area contributed by atoms with Crippen molar-refractivity contribution in [1.82, 2.24) is 14.3 Å². The summed E-state index contributed by atoms with van der Waals surface area (Å²) in [5.74, 6) is 0. The number of halogens is 1. The Morgan fingerprint density at radius 3 is 2.68 bits per heavy atom. The Morgan fingerprint density at radius 1 is 1.14 bits per heavy atom. The Bertz CT molecular complexity index is 868. The summed E-state index contributed by atoms with van der Waals surface area (Å²) < 4.78 is 7.15. The second-order valence-electron chi connectivity index (χ2n) is 6.77. The fraction of sp³-hybridized carbons (Fsp3) is 0.300. The Labute approximate surface area is 178 Å². The van der Waals surface area contributed by atoms with Crippen molar-refractivity contribution in [3.8, 4) is 0 Å². The molecule has 5 nitrogen and oxygen atoms in total. The molecule has 1 aliphatic heterocycles. The minimum Gasteiger partial charge on any atom is -0.381 e. The molecule has 0 spiro atoms. The van der Waals surface area contributed by atoms with Crippen LogP contribution >= 0.6 is 35.1 Å². The number of likely N-dealkylation sites (tertiary alicyclic amines) is 1. The second-order valence-corrected chi connectivity index (χ2v) is 8.84. The first-order chi connectivity index (χ1) is 13.8. The van der Waals surface area contributed by atoms with Crippen molar-refractivity contribution in [1.29, 1.82) is 0 Å². The molecule has 0 bridgehead atoms. The molecule has 4 rings (SSSR count). The number of rotatable bonds is 7. The molecule has 28 heavy (non-hydrogen) atoms. The molecular weight excluding hydrogens is 410 g/mol. The summed E-state index contributed by atoms with van der Waals surface area (Å²) in [6.07, 6.45) is 3.79. The van der Waals surface area contributed by atoms with Crippen LogP contribution in [0.1, 0.15) is 18.4 Å². The molecule has 0 amide bonds. The van der Waals surface area contributed by atoms with Crippen LogP contribution < -0.4 is 10.0 Å². The highest BCUT2D eigenvalue weighted by molar-refractivity contribution is 8.00. The van der Waals surface area contributed by atoms with Crippen LogP contribution in [-0.2, 0) is 6.54 Å². The van der Waals surface area contributed by atoms with Gasteiger partial charge < -0.3 is 10.0 Å². The minimum absolute atomic E-state index is 0.461. The van der Waals surface area contributed by atoms with E-state index in [0.717, 1.165) is 53.2 Å². The molecule has 0 saturated carbocycles. The molecule has 2 N–H and O–H groups in total. The van der Waals surface area contributed by atoms with E-state index in [4.69, 9.17) is 11.6 Å². The molecule has 1 aliphatic rings. The third-order valence-electron chi connectivity index (χ3n) is 4.75. The van der Waals surface area contributed by atoms with Crippen molar-refractivity contribution in [2.75, 3.05) is 23.1 Å². The first-order valence-electron chi connectivity index (χ1n) is 9.28. The van der Waals surface area contributed by atoms with E-state index in [1.807, 2.05) is 6.07 Å². The predicted octanol–water partition coefficient (Wildman–Crippen LogP) is 5.39. The normalized spacial score (nSPS) is 15.5. The van der Waals surface area contributed by atoms with Gasteiger partial charge in [0.15, 0.2) is 0 Å². The van der Waals surface area contributed by atoms with Crippen LogP contribution in [0, 0.1) is 0 Å². The molecule has 1 saturated heterocycles. The summed E-state index contributed by atoms with van der Waals surface area (Å²) >= 11 is 9.32. The Balaban J connectivity index is 1.26. The summed E-state index contributed by atoms with van der Waals surface area (Å²) in [6, 6.07) is 17.2. The van der Waals surface area contributed by atoms with E-state index in [1.165, 1.54) is 29.0 Å². The molecule has 1 aromatic heterocycles. The first-order valence-corrected chi connectivity index (χ1v) is 11.2. The average molecular weight is 432 g/mol. The van der Waals surface area contributed by atoms with Crippen molar-refractivity contribution in [3.63, 3.8) is 0 Å². The summed E-state index contributed by atoms with van der Waals surface area (Å²) in [5.41, 5.74) is 2.38. The summed E-state index contributed by atoms with van der Waals surface area (Å²) in [6.45, 7) is 3.23. The number of anilines is 2. The van der Waals surface area contributed by atoms with Gasteiger partial charge in [0.2, 0.25) is 5.13 Å². The summed E-state index contributed by atoms with van der Waals surface area (Å²) in [5, 5.41) is 5.15. The Kier molecular flexibility index (Phi) is 6.69. The highest BCUT2D eigenvalue weighted by atomic mass is 35.5. The van der Waals surface area contributed by atoms with E-state index in [0.29, 0.717) is 6.04 Å². The molecule has 2 aromatic carbocycles. The number of hydrogen-bond donors (Lipinski definition) is 2. The van der Waals surface area contributed by atoms with Crippen LogP contribution in [0.2, 0.25) is 5.02 Å². The van der Waals surface area contributed by atoms with E-state index in [2.05, 4.69) is 66.8 Å². The zero-order valence-corrected chi connectivity index (χ0v) is 17.7. The van der Waals surface area contributed by atoms with Crippen LogP contribution in [0.3, 0.4) is 0 Å². The maximum absolute atomic E-state index is 6.51. The van der Waals surface area contributed by atoms with Crippen LogP contribution in [0.25, 0.3) is 0 Å². The van der Waals surface area contributed by atoms with E-state index in [9.17, 15) is 0 Å². The molecule has 146 valence electrons. The lowest BCUT2D eigenvalue weighted by Crippen LogP contribution is -2.38.